The Bertz CT molecular complexity index is 1600. The van der Waals surface area contributed by atoms with Crippen LogP contribution in [0.5, 0.6) is 0 Å². The SMILES string of the molecule is O=C1C2C(C(=O)N1c1ccccc1Cl)C1(c3ccccc3)OC2(c2ccccc2)C(=O)c2ccccc21. The molecular weight excluding hydrogens is 486 g/mol. The minimum absolute atomic E-state index is 0.282. The van der Waals surface area contributed by atoms with Crippen LogP contribution in [-0.2, 0) is 25.5 Å². The Balaban J connectivity index is 1.59. The second kappa shape index (κ2) is 7.72. The lowest BCUT2D eigenvalue weighted by Gasteiger charge is -2.43. The highest BCUT2D eigenvalue weighted by Crippen LogP contribution is 2.66. The normalized spacial score (nSPS) is 27.8. The fraction of sp³-hybridized carbons (Fsp3) is 0.129. The van der Waals surface area contributed by atoms with Gasteiger partial charge in [-0.1, -0.05) is 109 Å². The highest BCUT2D eigenvalue weighted by atomic mass is 35.5. The van der Waals surface area contributed by atoms with Gasteiger partial charge >= 0.3 is 0 Å². The lowest BCUT2D eigenvalue weighted by Crippen LogP contribution is -2.51. The predicted molar refractivity (Wildman–Crippen MR) is 138 cm³/mol. The van der Waals surface area contributed by atoms with Crippen molar-refractivity contribution in [3.8, 4) is 0 Å². The summed E-state index contributed by atoms with van der Waals surface area (Å²) in [6, 6.07) is 32.4. The maximum Gasteiger partial charge on any atom is 0.241 e. The first-order valence-electron chi connectivity index (χ1n) is 12.1. The highest BCUT2D eigenvalue weighted by Gasteiger charge is 2.78. The Kier molecular flexibility index (Phi) is 4.62. The molecule has 2 amide bonds. The fourth-order valence-corrected chi connectivity index (χ4v) is 6.71. The molecule has 7 rings (SSSR count). The number of amides is 2. The number of carbonyl (C=O) groups is 3. The van der Waals surface area contributed by atoms with Gasteiger partial charge in [-0.15, -0.1) is 0 Å². The second-order valence-corrected chi connectivity index (χ2v) is 10.0. The average Bonchev–Trinajstić information content (AvgIpc) is 3.39. The van der Waals surface area contributed by atoms with E-state index in [0.29, 0.717) is 27.9 Å². The molecule has 2 bridgehead atoms. The van der Waals surface area contributed by atoms with Crippen LogP contribution in [0.25, 0.3) is 0 Å². The highest BCUT2D eigenvalue weighted by molar-refractivity contribution is 6.36. The first-order chi connectivity index (χ1) is 18.0. The van der Waals surface area contributed by atoms with Gasteiger partial charge in [0.05, 0.1) is 22.5 Å². The zero-order valence-corrected chi connectivity index (χ0v) is 20.3. The Morgan fingerprint density at radius 3 is 1.78 bits per heavy atom. The van der Waals surface area contributed by atoms with Crippen LogP contribution in [0.3, 0.4) is 0 Å². The van der Waals surface area contributed by atoms with Crippen molar-refractivity contribution < 1.29 is 19.1 Å². The van der Waals surface area contributed by atoms with Crippen LogP contribution in [0.15, 0.2) is 109 Å². The monoisotopic (exact) mass is 505 g/mol. The molecule has 0 aliphatic carbocycles. The smallest absolute Gasteiger partial charge is 0.241 e. The fourth-order valence-electron chi connectivity index (χ4n) is 6.49. The first-order valence-corrected chi connectivity index (χ1v) is 12.5. The molecule has 0 N–H and O–H groups in total. The molecule has 2 saturated heterocycles. The van der Waals surface area contributed by atoms with Crippen molar-refractivity contribution in [1.29, 1.82) is 0 Å². The van der Waals surface area contributed by atoms with Gasteiger partial charge in [-0.2, -0.15) is 0 Å². The molecule has 2 fully saturated rings. The van der Waals surface area contributed by atoms with E-state index in [0.717, 1.165) is 4.90 Å². The number of imide groups is 1. The van der Waals surface area contributed by atoms with Crippen molar-refractivity contribution in [3.63, 3.8) is 0 Å². The third kappa shape index (κ3) is 2.65. The van der Waals surface area contributed by atoms with Gasteiger partial charge in [-0.05, 0) is 23.3 Å². The van der Waals surface area contributed by atoms with E-state index in [4.69, 9.17) is 16.3 Å². The van der Waals surface area contributed by atoms with Crippen molar-refractivity contribution in [2.75, 3.05) is 4.90 Å². The first kappa shape index (κ1) is 22.2. The number of hydrogen-bond acceptors (Lipinski definition) is 4. The van der Waals surface area contributed by atoms with E-state index >= 15 is 0 Å². The average molecular weight is 506 g/mol. The molecular formula is C31H20ClNO4. The molecule has 4 aromatic rings. The van der Waals surface area contributed by atoms with Crippen LogP contribution in [-0.4, -0.2) is 17.6 Å². The van der Waals surface area contributed by atoms with Gasteiger partial charge in [0, 0.05) is 11.1 Å². The van der Waals surface area contributed by atoms with E-state index < -0.39 is 34.9 Å². The molecule has 4 aromatic carbocycles. The van der Waals surface area contributed by atoms with Gasteiger partial charge in [0.15, 0.2) is 5.60 Å². The van der Waals surface area contributed by atoms with Crippen LogP contribution in [0.4, 0.5) is 5.69 Å². The predicted octanol–water partition coefficient (Wildman–Crippen LogP) is 5.51. The van der Waals surface area contributed by atoms with Crippen molar-refractivity contribution in [2.24, 2.45) is 11.8 Å². The molecule has 180 valence electrons. The largest absolute Gasteiger partial charge is 0.344 e. The maximum absolute atomic E-state index is 14.4. The Morgan fingerprint density at radius 2 is 1.14 bits per heavy atom. The quantitative estimate of drug-likeness (QED) is 0.344. The summed E-state index contributed by atoms with van der Waals surface area (Å²) in [6.45, 7) is 0. The van der Waals surface area contributed by atoms with E-state index in [-0.39, 0.29) is 10.8 Å². The molecule has 3 heterocycles. The van der Waals surface area contributed by atoms with Crippen molar-refractivity contribution in [2.45, 2.75) is 11.2 Å². The van der Waals surface area contributed by atoms with E-state index in [2.05, 4.69) is 0 Å². The molecule has 0 saturated carbocycles. The van der Waals surface area contributed by atoms with E-state index in [9.17, 15) is 14.4 Å². The number of anilines is 1. The second-order valence-electron chi connectivity index (χ2n) is 9.60. The maximum atomic E-state index is 14.4. The van der Waals surface area contributed by atoms with Gasteiger partial charge in [0.25, 0.3) is 0 Å². The number of Topliss-reactive ketones (excluding diaryl/α,β-unsaturated/α-hetero) is 1. The number of rotatable bonds is 3. The minimum Gasteiger partial charge on any atom is -0.344 e. The Hall–Kier alpha value is -4.06. The summed E-state index contributed by atoms with van der Waals surface area (Å²) in [6.07, 6.45) is 0. The van der Waals surface area contributed by atoms with E-state index in [1.807, 2.05) is 60.7 Å². The zero-order chi connectivity index (χ0) is 25.4. The third-order valence-electron chi connectivity index (χ3n) is 7.91. The number of para-hydroxylation sites is 1. The number of benzene rings is 4. The number of carbonyl (C=O) groups excluding carboxylic acids is 3. The Labute approximate surface area is 218 Å². The van der Waals surface area contributed by atoms with Crippen LogP contribution in [0, 0.1) is 11.8 Å². The molecule has 0 aromatic heterocycles. The summed E-state index contributed by atoms with van der Waals surface area (Å²) in [4.78, 5) is 44.4. The number of nitrogens with zero attached hydrogens (tertiary/aromatic N) is 1. The standard InChI is InChI=1S/C31H20ClNO4/c32-23-17-9-10-18-24(23)33-28(35)25-26(29(33)36)31(20-13-5-2-6-14-20)27(34)21-15-7-8-16-22(21)30(25,37-31)19-11-3-1-4-12-19/h1-18,25-26H. The molecule has 4 unspecified atom stereocenters. The molecule has 5 nitrogen and oxygen atoms in total. The van der Waals surface area contributed by atoms with Crippen molar-refractivity contribution >= 4 is 34.9 Å². The van der Waals surface area contributed by atoms with Gasteiger partial charge < -0.3 is 4.74 Å². The summed E-state index contributed by atoms with van der Waals surface area (Å²) in [5, 5.41) is 0.282. The molecule has 37 heavy (non-hydrogen) atoms. The zero-order valence-electron chi connectivity index (χ0n) is 19.5. The summed E-state index contributed by atoms with van der Waals surface area (Å²) in [5.74, 6) is -3.32. The topological polar surface area (TPSA) is 63.7 Å². The van der Waals surface area contributed by atoms with Crippen LogP contribution in [0.2, 0.25) is 5.02 Å². The summed E-state index contributed by atoms with van der Waals surface area (Å²) in [5.41, 5.74) is -0.421. The van der Waals surface area contributed by atoms with Crippen LogP contribution >= 0.6 is 11.6 Å². The molecule has 4 atom stereocenters. The summed E-state index contributed by atoms with van der Waals surface area (Å²) < 4.78 is 6.95. The van der Waals surface area contributed by atoms with Crippen molar-refractivity contribution in [1.82, 2.24) is 0 Å². The van der Waals surface area contributed by atoms with Gasteiger partial charge in [-0.3, -0.25) is 14.4 Å². The lowest BCUT2D eigenvalue weighted by atomic mass is 9.72. The summed E-state index contributed by atoms with van der Waals surface area (Å²) in [7, 11) is 0. The third-order valence-corrected chi connectivity index (χ3v) is 8.23. The van der Waals surface area contributed by atoms with Gasteiger partial charge in [0.2, 0.25) is 17.6 Å². The van der Waals surface area contributed by atoms with E-state index in [1.54, 1.807) is 48.5 Å². The number of ketones is 1. The molecule has 3 aliphatic rings. The number of hydrogen-bond donors (Lipinski definition) is 0. The molecule has 3 aliphatic heterocycles. The Morgan fingerprint density at radius 1 is 0.622 bits per heavy atom. The van der Waals surface area contributed by atoms with Gasteiger partial charge in [0.1, 0.15) is 5.60 Å². The number of ether oxygens (including phenoxy) is 1. The van der Waals surface area contributed by atoms with Crippen molar-refractivity contribution in [3.05, 3.63) is 136 Å². The van der Waals surface area contributed by atoms with Crippen LogP contribution in [0.1, 0.15) is 27.0 Å². The molecule has 0 radical (unpaired) electrons. The minimum atomic E-state index is -1.68. The molecule has 6 heteroatoms. The van der Waals surface area contributed by atoms with E-state index in [1.165, 1.54) is 0 Å². The molecule has 0 spiro atoms. The van der Waals surface area contributed by atoms with Gasteiger partial charge in [-0.25, -0.2) is 4.90 Å². The lowest BCUT2D eigenvalue weighted by molar-refractivity contribution is -0.136. The summed E-state index contributed by atoms with van der Waals surface area (Å²) >= 11 is 6.48. The number of halogens is 1. The number of fused-ring (bicyclic) bond motifs is 7. The van der Waals surface area contributed by atoms with Crippen LogP contribution < -0.4 is 4.90 Å².